The van der Waals surface area contributed by atoms with Crippen LogP contribution in [-0.4, -0.2) is 6.54 Å². The zero-order chi connectivity index (χ0) is 12.1. The third kappa shape index (κ3) is 3.32. The summed E-state index contributed by atoms with van der Waals surface area (Å²) in [5, 5.41) is 6.26. The number of hydrogen-bond acceptors (Lipinski definition) is 2. The first kappa shape index (κ1) is 12.6. The lowest BCUT2D eigenvalue weighted by Crippen LogP contribution is -2.13. The standard InChI is InChI=1S/C14H16ClNS/c1-2-8-16-10-11-3-5-12(6-4-11)14-13(15)7-9-17-14/h3-7,9,16H,2,8,10H2,1H3. The summed E-state index contributed by atoms with van der Waals surface area (Å²) in [6, 6.07) is 10.5. The lowest BCUT2D eigenvalue weighted by Gasteiger charge is -2.04. The number of thiophene rings is 1. The number of hydrogen-bond donors (Lipinski definition) is 1. The second-order valence-corrected chi connectivity index (χ2v) is 5.29. The minimum Gasteiger partial charge on any atom is -0.313 e. The highest BCUT2D eigenvalue weighted by molar-refractivity contribution is 7.14. The first-order chi connectivity index (χ1) is 8.31. The van der Waals surface area contributed by atoms with Gasteiger partial charge in [-0.2, -0.15) is 0 Å². The van der Waals surface area contributed by atoms with Crippen LogP contribution in [0.3, 0.4) is 0 Å². The Bertz CT molecular complexity index is 461. The molecule has 0 saturated heterocycles. The zero-order valence-corrected chi connectivity index (χ0v) is 11.4. The first-order valence-corrected chi connectivity index (χ1v) is 7.10. The van der Waals surface area contributed by atoms with E-state index in [0.717, 1.165) is 23.0 Å². The molecule has 0 fully saturated rings. The molecule has 2 rings (SSSR count). The molecule has 1 aromatic carbocycles. The Balaban J connectivity index is 2.06. The molecule has 2 aromatic rings. The van der Waals surface area contributed by atoms with Crippen molar-refractivity contribution in [1.82, 2.24) is 5.32 Å². The van der Waals surface area contributed by atoms with Crippen molar-refractivity contribution < 1.29 is 0 Å². The van der Waals surface area contributed by atoms with E-state index in [4.69, 9.17) is 11.6 Å². The summed E-state index contributed by atoms with van der Waals surface area (Å²) in [4.78, 5) is 1.15. The van der Waals surface area contributed by atoms with Crippen LogP contribution < -0.4 is 5.32 Å². The van der Waals surface area contributed by atoms with Gasteiger partial charge < -0.3 is 5.32 Å². The van der Waals surface area contributed by atoms with Gasteiger partial charge in [0.05, 0.1) is 9.90 Å². The van der Waals surface area contributed by atoms with E-state index in [1.54, 1.807) is 11.3 Å². The van der Waals surface area contributed by atoms with E-state index in [2.05, 4.69) is 36.5 Å². The molecule has 90 valence electrons. The van der Waals surface area contributed by atoms with E-state index in [-0.39, 0.29) is 0 Å². The van der Waals surface area contributed by atoms with Crippen LogP contribution in [-0.2, 0) is 6.54 Å². The third-order valence-corrected chi connectivity index (χ3v) is 3.98. The average molecular weight is 266 g/mol. The fourth-order valence-electron chi connectivity index (χ4n) is 1.68. The van der Waals surface area contributed by atoms with Gasteiger partial charge in [0.25, 0.3) is 0 Å². The Labute approximate surface area is 111 Å². The van der Waals surface area contributed by atoms with Crippen LogP contribution in [0.25, 0.3) is 10.4 Å². The molecule has 0 spiro atoms. The fraction of sp³-hybridized carbons (Fsp3) is 0.286. The van der Waals surface area contributed by atoms with Crippen LogP contribution >= 0.6 is 22.9 Å². The number of halogens is 1. The monoisotopic (exact) mass is 265 g/mol. The number of rotatable bonds is 5. The summed E-state index contributed by atoms with van der Waals surface area (Å²) in [6.45, 7) is 4.18. The van der Waals surface area contributed by atoms with Crippen molar-refractivity contribution in [2.45, 2.75) is 19.9 Å². The smallest absolute Gasteiger partial charge is 0.0592 e. The molecule has 0 aliphatic carbocycles. The number of nitrogens with one attached hydrogen (secondary N) is 1. The van der Waals surface area contributed by atoms with Gasteiger partial charge in [0, 0.05) is 6.54 Å². The van der Waals surface area contributed by atoms with Crippen molar-refractivity contribution in [3.05, 3.63) is 46.3 Å². The molecule has 0 amide bonds. The molecule has 0 aliphatic rings. The topological polar surface area (TPSA) is 12.0 Å². The summed E-state index contributed by atoms with van der Waals surface area (Å²) < 4.78 is 0. The molecule has 1 aromatic heterocycles. The minimum absolute atomic E-state index is 0.840. The van der Waals surface area contributed by atoms with Crippen LogP contribution in [0.2, 0.25) is 5.02 Å². The zero-order valence-electron chi connectivity index (χ0n) is 9.87. The average Bonchev–Trinajstić information content (AvgIpc) is 2.77. The van der Waals surface area contributed by atoms with Gasteiger partial charge in [0.15, 0.2) is 0 Å². The summed E-state index contributed by atoms with van der Waals surface area (Å²) in [7, 11) is 0. The van der Waals surface area contributed by atoms with Crippen LogP contribution in [0.15, 0.2) is 35.7 Å². The summed E-state index contributed by atoms with van der Waals surface area (Å²) >= 11 is 7.80. The van der Waals surface area contributed by atoms with E-state index in [9.17, 15) is 0 Å². The van der Waals surface area contributed by atoms with E-state index in [1.165, 1.54) is 17.5 Å². The minimum atomic E-state index is 0.840. The number of benzene rings is 1. The maximum Gasteiger partial charge on any atom is 0.0592 e. The second-order valence-electron chi connectivity index (χ2n) is 3.97. The molecule has 0 aliphatic heterocycles. The molecule has 17 heavy (non-hydrogen) atoms. The van der Waals surface area contributed by atoms with Gasteiger partial charge in [-0.25, -0.2) is 0 Å². The van der Waals surface area contributed by atoms with Crippen molar-refractivity contribution in [2.24, 2.45) is 0 Å². The van der Waals surface area contributed by atoms with Crippen molar-refractivity contribution in [3.8, 4) is 10.4 Å². The molecule has 3 heteroatoms. The predicted octanol–water partition coefficient (Wildman–Crippen LogP) is 4.57. The van der Waals surface area contributed by atoms with Crippen molar-refractivity contribution in [2.75, 3.05) is 6.54 Å². The summed E-state index contributed by atoms with van der Waals surface area (Å²) in [5.74, 6) is 0. The molecule has 0 atom stereocenters. The van der Waals surface area contributed by atoms with Crippen molar-refractivity contribution in [3.63, 3.8) is 0 Å². The lowest BCUT2D eigenvalue weighted by molar-refractivity contribution is 0.675. The van der Waals surface area contributed by atoms with Crippen LogP contribution in [0.5, 0.6) is 0 Å². The van der Waals surface area contributed by atoms with Gasteiger partial charge >= 0.3 is 0 Å². The highest BCUT2D eigenvalue weighted by atomic mass is 35.5. The Hall–Kier alpha value is -0.830. The maximum atomic E-state index is 6.11. The van der Waals surface area contributed by atoms with E-state index in [1.807, 2.05) is 11.4 Å². The molecular weight excluding hydrogens is 250 g/mol. The molecule has 1 nitrogen and oxygen atoms in total. The van der Waals surface area contributed by atoms with Crippen LogP contribution in [0, 0.1) is 0 Å². The Morgan fingerprint density at radius 1 is 1.18 bits per heavy atom. The second kappa shape index (κ2) is 6.20. The highest BCUT2D eigenvalue weighted by Crippen LogP contribution is 2.33. The Morgan fingerprint density at radius 2 is 1.94 bits per heavy atom. The Kier molecular flexibility index (Phi) is 4.60. The summed E-state index contributed by atoms with van der Waals surface area (Å²) in [6.07, 6.45) is 1.17. The molecule has 1 heterocycles. The molecule has 1 N–H and O–H groups in total. The van der Waals surface area contributed by atoms with E-state index >= 15 is 0 Å². The van der Waals surface area contributed by atoms with E-state index in [0.29, 0.717) is 0 Å². The predicted molar refractivity (Wildman–Crippen MR) is 76.8 cm³/mol. The molecule has 0 bridgehead atoms. The fourth-order valence-corrected chi connectivity index (χ4v) is 2.86. The van der Waals surface area contributed by atoms with Gasteiger partial charge in [-0.3, -0.25) is 0 Å². The van der Waals surface area contributed by atoms with Gasteiger partial charge in [-0.15, -0.1) is 11.3 Å². The molecule has 0 radical (unpaired) electrons. The molecule has 0 unspecified atom stereocenters. The van der Waals surface area contributed by atoms with Crippen LogP contribution in [0.1, 0.15) is 18.9 Å². The molecular formula is C14H16ClNS. The van der Waals surface area contributed by atoms with Crippen LogP contribution in [0.4, 0.5) is 0 Å². The largest absolute Gasteiger partial charge is 0.313 e. The normalized spacial score (nSPS) is 10.7. The van der Waals surface area contributed by atoms with Crippen molar-refractivity contribution in [1.29, 1.82) is 0 Å². The van der Waals surface area contributed by atoms with Crippen molar-refractivity contribution >= 4 is 22.9 Å². The maximum absolute atomic E-state index is 6.11. The molecule has 0 saturated carbocycles. The third-order valence-electron chi connectivity index (χ3n) is 2.59. The van der Waals surface area contributed by atoms with Gasteiger partial charge in [0.1, 0.15) is 0 Å². The van der Waals surface area contributed by atoms with Gasteiger partial charge in [0.2, 0.25) is 0 Å². The lowest BCUT2D eigenvalue weighted by atomic mass is 10.1. The Morgan fingerprint density at radius 3 is 2.53 bits per heavy atom. The van der Waals surface area contributed by atoms with Gasteiger partial charge in [-0.1, -0.05) is 42.8 Å². The van der Waals surface area contributed by atoms with Gasteiger partial charge in [-0.05, 0) is 35.5 Å². The highest BCUT2D eigenvalue weighted by Gasteiger charge is 2.04. The quantitative estimate of drug-likeness (QED) is 0.781. The first-order valence-electron chi connectivity index (χ1n) is 5.84. The summed E-state index contributed by atoms with van der Waals surface area (Å²) in [5.41, 5.74) is 2.51. The SMILES string of the molecule is CCCNCc1ccc(-c2sccc2Cl)cc1. The van der Waals surface area contributed by atoms with E-state index < -0.39 is 0 Å².